The van der Waals surface area contributed by atoms with E-state index in [4.69, 9.17) is 4.74 Å². The standard InChI is InChI=1S/C16H16N4OS/c1-12-7-3-5-9-14(12)20-16(17-18-19-20)22-11-13-8-4-6-10-15(13)21-2/h3-10H,11H2,1-2H3. The molecule has 112 valence electrons. The van der Waals surface area contributed by atoms with E-state index >= 15 is 0 Å². The number of nitrogens with zero attached hydrogens (tertiary/aromatic N) is 4. The lowest BCUT2D eigenvalue weighted by atomic mass is 10.2. The monoisotopic (exact) mass is 312 g/mol. The average molecular weight is 312 g/mol. The van der Waals surface area contributed by atoms with E-state index in [1.165, 1.54) is 0 Å². The minimum Gasteiger partial charge on any atom is -0.496 e. The highest BCUT2D eigenvalue weighted by atomic mass is 32.2. The third-order valence-electron chi connectivity index (χ3n) is 3.33. The predicted octanol–water partition coefficient (Wildman–Crippen LogP) is 3.27. The first-order chi connectivity index (χ1) is 10.8. The predicted molar refractivity (Wildman–Crippen MR) is 86.4 cm³/mol. The molecule has 0 fully saturated rings. The summed E-state index contributed by atoms with van der Waals surface area (Å²) in [5.41, 5.74) is 3.25. The number of aromatic nitrogens is 4. The van der Waals surface area contributed by atoms with Gasteiger partial charge < -0.3 is 4.74 Å². The molecule has 5 nitrogen and oxygen atoms in total. The quantitative estimate of drug-likeness (QED) is 0.677. The van der Waals surface area contributed by atoms with Crippen LogP contribution in [0.15, 0.2) is 53.7 Å². The number of tetrazole rings is 1. The van der Waals surface area contributed by atoms with Crippen molar-refractivity contribution in [1.82, 2.24) is 20.2 Å². The molecule has 1 aromatic heterocycles. The fraction of sp³-hybridized carbons (Fsp3) is 0.188. The van der Waals surface area contributed by atoms with Gasteiger partial charge in [0.05, 0.1) is 12.8 Å². The number of rotatable bonds is 5. The number of thioether (sulfide) groups is 1. The molecule has 22 heavy (non-hydrogen) atoms. The van der Waals surface area contributed by atoms with Gasteiger partial charge >= 0.3 is 0 Å². The maximum Gasteiger partial charge on any atom is 0.214 e. The summed E-state index contributed by atoms with van der Waals surface area (Å²) in [5.74, 6) is 1.63. The molecular formula is C16H16N4OS. The van der Waals surface area contributed by atoms with Crippen LogP contribution < -0.4 is 4.74 Å². The first-order valence-electron chi connectivity index (χ1n) is 6.88. The molecule has 0 atom stereocenters. The number of ether oxygens (including phenoxy) is 1. The summed E-state index contributed by atoms with van der Waals surface area (Å²) in [6.45, 7) is 2.05. The number of methoxy groups -OCH3 is 1. The SMILES string of the molecule is COc1ccccc1CSc1nnnn1-c1ccccc1C. The van der Waals surface area contributed by atoms with E-state index in [1.807, 2.05) is 55.5 Å². The maximum absolute atomic E-state index is 5.38. The molecule has 0 spiro atoms. The number of benzene rings is 2. The number of hydrogen-bond acceptors (Lipinski definition) is 5. The van der Waals surface area contributed by atoms with Gasteiger partial charge in [0.2, 0.25) is 5.16 Å². The molecule has 0 aliphatic heterocycles. The summed E-state index contributed by atoms with van der Waals surface area (Å²) >= 11 is 1.59. The van der Waals surface area contributed by atoms with Gasteiger partial charge in [0.1, 0.15) is 5.75 Å². The fourth-order valence-corrected chi connectivity index (χ4v) is 3.06. The Balaban J connectivity index is 1.83. The largest absolute Gasteiger partial charge is 0.496 e. The Labute approximate surface area is 133 Å². The molecule has 0 aliphatic rings. The molecule has 0 radical (unpaired) electrons. The Hall–Kier alpha value is -2.34. The van der Waals surface area contributed by atoms with Crippen LogP contribution >= 0.6 is 11.8 Å². The van der Waals surface area contributed by atoms with Crippen molar-refractivity contribution in [2.75, 3.05) is 7.11 Å². The Morgan fingerprint density at radius 3 is 2.68 bits per heavy atom. The van der Waals surface area contributed by atoms with Gasteiger partial charge in [0, 0.05) is 11.3 Å². The zero-order valence-corrected chi connectivity index (χ0v) is 13.2. The zero-order valence-electron chi connectivity index (χ0n) is 12.4. The van der Waals surface area contributed by atoms with Crippen LogP contribution in [0.4, 0.5) is 0 Å². The van der Waals surface area contributed by atoms with Crippen LogP contribution in [0.3, 0.4) is 0 Å². The molecule has 6 heteroatoms. The molecule has 0 N–H and O–H groups in total. The first kappa shape index (κ1) is 14.6. The molecule has 3 rings (SSSR count). The summed E-state index contributed by atoms with van der Waals surface area (Å²) in [5, 5.41) is 12.8. The van der Waals surface area contributed by atoms with Crippen LogP contribution in [0.25, 0.3) is 5.69 Å². The van der Waals surface area contributed by atoms with Gasteiger partial charge in [-0.25, -0.2) is 0 Å². The summed E-state index contributed by atoms with van der Waals surface area (Å²) in [4.78, 5) is 0. The maximum atomic E-state index is 5.38. The topological polar surface area (TPSA) is 52.8 Å². The van der Waals surface area contributed by atoms with Crippen molar-refractivity contribution in [3.05, 3.63) is 59.7 Å². The van der Waals surface area contributed by atoms with Crippen molar-refractivity contribution in [1.29, 1.82) is 0 Å². The van der Waals surface area contributed by atoms with Gasteiger partial charge in [-0.1, -0.05) is 48.2 Å². The second kappa shape index (κ2) is 6.62. The highest BCUT2D eigenvalue weighted by Gasteiger charge is 2.12. The molecule has 3 aromatic rings. The van der Waals surface area contributed by atoms with Gasteiger partial charge in [0.25, 0.3) is 0 Å². The summed E-state index contributed by atoms with van der Waals surface area (Å²) in [6, 6.07) is 16.0. The van der Waals surface area contributed by atoms with Crippen molar-refractivity contribution < 1.29 is 4.74 Å². The summed E-state index contributed by atoms with van der Waals surface area (Å²) in [7, 11) is 1.68. The van der Waals surface area contributed by atoms with Gasteiger partial charge in [-0.15, -0.1) is 5.10 Å². The molecule has 0 unspecified atom stereocenters. The van der Waals surface area contributed by atoms with Crippen molar-refractivity contribution >= 4 is 11.8 Å². The van der Waals surface area contributed by atoms with Crippen LogP contribution in [-0.4, -0.2) is 27.3 Å². The first-order valence-corrected chi connectivity index (χ1v) is 7.87. The molecule has 1 heterocycles. The van der Waals surface area contributed by atoms with Gasteiger partial charge in [0.15, 0.2) is 0 Å². The lowest BCUT2D eigenvalue weighted by Crippen LogP contribution is -2.01. The summed E-state index contributed by atoms with van der Waals surface area (Å²) < 4.78 is 7.15. The molecule has 2 aromatic carbocycles. The zero-order chi connectivity index (χ0) is 15.4. The van der Waals surface area contributed by atoms with Crippen molar-refractivity contribution in [2.24, 2.45) is 0 Å². The molecule has 0 saturated carbocycles. The van der Waals surface area contributed by atoms with Gasteiger partial charge in [-0.2, -0.15) is 4.68 Å². The number of aryl methyl sites for hydroxylation is 1. The fourth-order valence-electron chi connectivity index (χ4n) is 2.19. The van der Waals surface area contributed by atoms with E-state index in [2.05, 4.69) is 15.5 Å². The number of para-hydroxylation sites is 2. The highest BCUT2D eigenvalue weighted by Crippen LogP contribution is 2.27. The second-order valence-electron chi connectivity index (χ2n) is 4.76. The van der Waals surface area contributed by atoms with Gasteiger partial charge in [-0.05, 0) is 35.0 Å². The normalized spacial score (nSPS) is 10.6. The highest BCUT2D eigenvalue weighted by molar-refractivity contribution is 7.98. The van der Waals surface area contributed by atoms with E-state index in [9.17, 15) is 0 Å². The average Bonchev–Trinajstić information content (AvgIpc) is 3.02. The van der Waals surface area contributed by atoms with Crippen LogP contribution in [0.2, 0.25) is 0 Å². The van der Waals surface area contributed by atoms with Crippen LogP contribution in [-0.2, 0) is 5.75 Å². The van der Waals surface area contributed by atoms with Crippen molar-refractivity contribution in [3.63, 3.8) is 0 Å². The van der Waals surface area contributed by atoms with E-state index in [0.29, 0.717) is 0 Å². The minimum absolute atomic E-state index is 0.746. The Kier molecular flexibility index (Phi) is 4.39. The smallest absolute Gasteiger partial charge is 0.214 e. The van der Waals surface area contributed by atoms with Crippen molar-refractivity contribution in [3.8, 4) is 11.4 Å². The van der Waals surface area contributed by atoms with Crippen molar-refractivity contribution in [2.45, 2.75) is 17.8 Å². The van der Waals surface area contributed by atoms with E-state index in [-0.39, 0.29) is 0 Å². The van der Waals surface area contributed by atoms with E-state index < -0.39 is 0 Å². The molecule has 0 amide bonds. The van der Waals surface area contributed by atoms with E-state index in [0.717, 1.165) is 33.5 Å². The molecule has 0 saturated heterocycles. The summed E-state index contributed by atoms with van der Waals surface area (Å²) in [6.07, 6.45) is 0. The van der Waals surface area contributed by atoms with Crippen LogP contribution in [0, 0.1) is 6.92 Å². The van der Waals surface area contributed by atoms with Crippen LogP contribution in [0.5, 0.6) is 5.75 Å². The third kappa shape index (κ3) is 2.96. The van der Waals surface area contributed by atoms with Crippen LogP contribution in [0.1, 0.15) is 11.1 Å². The Bertz CT molecular complexity index is 772. The third-order valence-corrected chi connectivity index (χ3v) is 4.30. The molecular weight excluding hydrogens is 296 g/mol. The van der Waals surface area contributed by atoms with Gasteiger partial charge in [-0.3, -0.25) is 0 Å². The van der Waals surface area contributed by atoms with E-state index in [1.54, 1.807) is 23.6 Å². The second-order valence-corrected chi connectivity index (χ2v) is 5.70. The lowest BCUT2D eigenvalue weighted by Gasteiger charge is -2.09. The Morgan fingerprint density at radius 2 is 1.86 bits per heavy atom. The lowest BCUT2D eigenvalue weighted by molar-refractivity contribution is 0.411. The number of hydrogen-bond donors (Lipinski definition) is 0. The minimum atomic E-state index is 0.746. The Morgan fingerprint density at radius 1 is 1.09 bits per heavy atom. The molecule has 0 aliphatic carbocycles. The molecule has 0 bridgehead atoms.